The zero-order valence-electron chi connectivity index (χ0n) is 11.2. The van der Waals surface area contributed by atoms with Gasteiger partial charge in [-0.25, -0.2) is 9.18 Å². The molecule has 0 saturated carbocycles. The van der Waals surface area contributed by atoms with E-state index in [1.807, 2.05) is 0 Å². The molecule has 0 atom stereocenters. The number of rotatable bonds is 3. The summed E-state index contributed by atoms with van der Waals surface area (Å²) in [7, 11) is 1.58. The molecule has 0 aliphatic carbocycles. The summed E-state index contributed by atoms with van der Waals surface area (Å²) in [6.07, 6.45) is 0. The van der Waals surface area contributed by atoms with E-state index in [-0.39, 0.29) is 18.4 Å². The molecule has 0 spiro atoms. The fourth-order valence-corrected chi connectivity index (χ4v) is 2.04. The van der Waals surface area contributed by atoms with Gasteiger partial charge >= 0.3 is 6.03 Å². The highest BCUT2D eigenvalue weighted by atomic mass is 35.5. The summed E-state index contributed by atoms with van der Waals surface area (Å²) in [6, 6.07) is 10.8. The van der Waals surface area contributed by atoms with Crippen LogP contribution in [-0.4, -0.2) is 18.0 Å². The van der Waals surface area contributed by atoms with Gasteiger partial charge in [0.15, 0.2) is 0 Å². The van der Waals surface area contributed by atoms with E-state index in [0.29, 0.717) is 21.3 Å². The quantitative estimate of drug-likeness (QED) is 0.863. The second-order valence-corrected chi connectivity index (χ2v) is 5.32. The molecule has 2 aromatic carbocycles. The average molecular weight is 327 g/mol. The predicted octanol–water partition coefficient (Wildman–Crippen LogP) is 4.80. The highest BCUT2D eigenvalue weighted by molar-refractivity contribution is 6.42. The Labute approximate surface area is 132 Å². The molecule has 0 saturated heterocycles. The Hall–Kier alpha value is -1.78. The van der Waals surface area contributed by atoms with Crippen molar-refractivity contribution in [1.29, 1.82) is 0 Å². The third kappa shape index (κ3) is 4.09. The van der Waals surface area contributed by atoms with E-state index in [0.717, 1.165) is 0 Å². The van der Waals surface area contributed by atoms with Crippen molar-refractivity contribution < 1.29 is 9.18 Å². The van der Waals surface area contributed by atoms with Gasteiger partial charge in [-0.3, -0.25) is 0 Å². The smallest absolute Gasteiger partial charge is 0.321 e. The molecule has 0 bridgehead atoms. The molecule has 0 fully saturated rings. The zero-order chi connectivity index (χ0) is 15.4. The number of nitrogens with zero attached hydrogens (tertiary/aromatic N) is 1. The Morgan fingerprint density at radius 1 is 1.19 bits per heavy atom. The lowest BCUT2D eigenvalue weighted by atomic mass is 10.2. The Bertz CT molecular complexity index is 664. The largest absolute Gasteiger partial charge is 0.323 e. The number of carbonyl (C=O) groups excluding carboxylic acids is 1. The van der Waals surface area contributed by atoms with Crippen molar-refractivity contribution >= 4 is 34.9 Å². The van der Waals surface area contributed by atoms with Crippen molar-refractivity contribution in [3.05, 3.63) is 63.9 Å². The molecule has 1 N–H and O–H groups in total. The van der Waals surface area contributed by atoms with Crippen LogP contribution in [0.2, 0.25) is 10.0 Å². The van der Waals surface area contributed by atoms with Crippen LogP contribution < -0.4 is 5.32 Å². The number of benzene rings is 2. The molecular weight excluding hydrogens is 314 g/mol. The molecule has 0 aliphatic rings. The minimum Gasteiger partial charge on any atom is -0.323 e. The summed E-state index contributed by atoms with van der Waals surface area (Å²) in [5.74, 6) is -0.341. The van der Waals surface area contributed by atoms with Crippen molar-refractivity contribution in [1.82, 2.24) is 4.90 Å². The Kier molecular flexibility index (Phi) is 5.04. The topological polar surface area (TPSA) is 32.3 Å². The highest BCUT2D eigenvalue weighted by Crippen LogP contribution is 2.25. The predicted molar refractivity (Wildman–Crippen MR) is 83.3 cm³/mol. The van der Waals surface area contributed by atoms with Gasteiger partial charge < -0.3 is 10.2 Å². The minimum atomic E-state index is -0.364. The molecule has 0 aliphatic heterocycles. The molecule has 2 aromatic rings. The molecule has 2 rings (SSSR count). The third-order valence-electron chi connectivity index (χ3n) is 2.88. The second kappa shape index (κ2) is 6.78. The van der Waals surface area contributed by atoms with Gasteiger partial charge in [-0.15, -0.1) is 0 Å². The first-order valence-electron chi connectivity index (χ1n) is 6.18. The lowest BCUT2D eigenvalue weighted by molar-refractivity contribution is 0.220. The first kappa shape index (κ1) is 15.6. The first-order chi connectivity index (χ1) is 9.97. The fourth-order valence-electron chi connectivity index (χ4n) is 1.75. The lowest BCUT2D eigenvalue weighted by Gasteiger charge is -2.18. The van der Waals surface area contributed by atoms with Gasteiger partial charge in [0.05, 0.1) is 10.0 Å². The van der Waals surface area contributed by atoms with Crippen LogP contribution in [0, 0.1) is 5.82 Å². The number of hydrogen-bond donors (Lipinski definition) is 1. The maximum absolute atomic E-state index is 13.5. The molecule has 6 heteroatoms. The molecular formula is C15H13Cl2FN2O. The van der Waals surface area contributed by atoms with Crippen LogP contribution in [-0.2, 0) is 6.54 Å². The van der Waals surface area contributed by atoms with Gasteiger partial charge in [0.25, 0.3) is 0 Å². The number of carbonyl (C=O) groups is 1. The van der Waals surface area contributed by atoms with Gasteiger partial charge in [-0.1, -0.05) is 41.4 Å². The minimum absolute atomic E-state index is 0.166. The standard InChI is InChI=1S/C15H13Cl2FN2O/c1-20(9-10-4-2-3-5-14(10)18)15(21)19-11-6-7-12(16)13(17)8-11/h2-8H,9H2,1H3,(H,19,21). The zero-order valence-corrected chi connectivity index (χ0v) is 12.7. The fraction of sp³-hybridized carbons (Fsp3) is 0.133. The van der Waals surface area contributed by atoms with E-state index in [1.54, 1.807) is 43.4 Å². The normalized spacial score (nSPS) is 10.3. The Balaban J connectivity index is 2.02. The molecule has 0 radical (unpaired) electrons. The highest BCUT2D eigenvalue weighted by Gasteiger charge is 2.12. The van der Waals surface area contributed by atoms with E-state index in [4.69, 9.17) is 23.2 Å². The van der Waals surface area contributed by atoms with Crippen molar-refractivity contribution in [3.8, 4) is 0 Å². The number of halogens is 3. The molecule has 110 valence electrons. The van der Waals surface area contributed by atoms with Crippen molar-refractivity contribution in [3.63, 3.8) is 0 Å². The van der Waals surface area contributed by atoms with E-state index < -0.39 is 0 Å². The number of urea groups is 1. The summed E-state index contributed by atoms with van der Waals surface area (Å²) in [5, 5.41) is 3.44. The van der Waals surface area contributed by atoms with Crippen LogP contribution >= 0.6 is 23.2 Å². The van der Waals surface area contributed by atoms with Gasteiger partial charge in [0, 0.05) is 24.8 Å². The van der Waals surface area contributed by atoms with Crippen LogP contribution in [0.15, 0.2) is 42.5 Å². The van der Waals surface area contributed by atoms with E-state index >= 15 is 0 Å². The summed E-state index contributed by atoms with van der Waals surface area (Å²) in [5.41, 5.74) is 0.971. The molecule has 0 heterocycles. The average Bonchev–Trinajstić information content (AvgIpc) is 2.45. The van der Waals surface area contributed by atoms with Crippen LogP contribution in [0.4, 0.5) is 14.9 Å². The van der Waals surface area contributed by atoms with Crippen molar-refractivity contribution in [2.45, 2.75) is 6.54 Å². The Morgan fingerprint density at radius 2 is 1.90 bits per heavy atom. The monoisotopic (exact) mass is 326 g/mol. The number of nitrogens with one attached hydrogen (secondary N) is 1. The van der Waals surface area contributed by atoms with Crippen LogP contribution in [0.5, 0.6) is 0 Å². The van der Waals surface area contributed by atoms with Gasteiger partial charge in [0.2, 0.25) is 0 Å². The van der Waals surface area contributed by atoms with E-state index in [1.165, 1.54) is 11.0 Å². The van der Waals surface area contributed by atoms with Gasteiger partial charge in [-0.2, -0.15) is 0 Å². The first-order valence-corrected chi connectivity index (χ1v) is 6.93. The molecule has 2 amide bonds. The van der Waals surface area contributed by atoms with Crippen molar-refractivity contribution in [2.24, 2.45) is 0 Å². The maximum Gasteiger partial charge on any atom is 0.321 e. The second-order valence-electron chi connectivity index (χ2n) is 4.51. The number of anilines is 1. The SMILES string of the molecule is CN(Cc1ccccc1F)C(=O)Nc1ccc(Cl)c(Cl)c1. The van der Waals surface area contributed by atoms with Gasteiger partial charge in [-0.05, 0) is 24.3 Å². The third-order valence-corrected chi connectivity index (χ3v) is 3.62. The summed E-state index contributed by atoms with van der Waals surface area (Å²) < 4.78 is 13.5. The molecule has 3 nitrogen and oxygen atoms in total. The molecule has 0 aromatic heterocycles. The van der Waals surface area contributed by atoms with Crippen LogP contribution in [0.1, 0.15) is 5.56 Å². The molecule has 21 heavy (non-hydrogen) atoms. The van der Waals surface area contributed by atoms with E-state index in [9.17, 15) is 9.18 Å². The summed E-state index contributed by atoms with van der Waals surface area (Å²) in [4.78, 5) is 13.4. The van der Waals surface area contributed by atoms with Crippen LogP contribution in [0.3, 0.4) is 0 Å². The Morgan fingerprint density at radius 3 is 2.57 bits per heavy atom. The summed E-state index contributed by atoms with van der Waals surface area (Å²) >= 11 is 11.7. The lowest BCUT2D eigenvalue weighted by Crippen LogP contribution is -2.31. The summed E-state index contributed by atoms with van der Waals surface area (Å²) in [6.45, 7) is 0.166. The van der Waals surface area contributed by atoms with Gasteiger partial charge in [0.1, 0.15) is 5.82 Å². The maximum atomic E-state index is 13.5. The van der Waals surface area contributed by atoms with Crippen LogP contribution in [0.25, 0.3) is 0 Å². The molecule has 0 unspecified atom stereocenters. The van der Waals surface area contributed by atoms with Crippen molar-refractivity contribution in [2.75, 3.05) is 12.4 Å². The van der Waals surface area contributed by atoms with E-state index in [2.05, 4.69) is 5.32 Å². The number of amides is 2. The number of hydrogen-bond acceptors (Lipinski definition) is 1.